The molecule has 43 heavy (non-hydrogen) atoms. The van der Waals surface area contributed by atoms with E-state index in [2.05, 4.69) is 44.9 Å². The summed E-state index contributed by atoms with van der Waals surface area (Å²) in [5.74, 6) is 0.407. The summed E-state index contributed by atoms with van der Waals surface area (Å²) in [4.78, 5) is 0. The highest BCUT2D eigenvalue weighted by molar-refractivity contribution is 7.81. The van der Waals surface area contributed by atoms with E-state index in [1.165, 1.54) is 0 Å². The van der Waals surface area contributed by atoms with Crippen LogP contribution in [0.15, 0.2) is 11.6 Å². The zero-order chi connectivity index (χ0) is 32.4. The van der Waals surface area contributed by atoms with Crippen LogP contribution in [0, 0.1) is 45.8 Å². The van der Waals surface area contributed by atoms with Gasteiger partial charge in [-0.2, -0.15) is 0 Å². The number of hydrogen-bond acceptors (Lipinski definition) is 12. The monoisotopic (exact) mass is 669 g/mol. The van der Waals surface area contributed by atoms with Crippen LogP contribution in [-0.2, 0) is 43.7 Å². The first kappa shape index (κ1) is 35.2. The smallest absolute Gasteiger partial charge is 0.217 e. The molecule has 250 valence electrons. The van der Waals surface area contributed by atoms with Gasteiger partial charge in [-0.25, -0.2) is 25.3 Å². The minimum atomic E-state index is -5.36. The van der Waals surface area contributed by atoms with Gasteiger partial charge in [0.2, 0.25) is 31.2 Å². The van der Waals surface area contributed by atoms with Crippen molar-refractivity contribution in [1.29, 1.82) is 0 Å². The molecule has 4 aliphatic carbocycles. The van der Waals surface area contributed by atoms with Crippen molar-refractivity contribution in [3.05, 3.63) is 11.6 Å². The van der Waals surface area contributed by atoms with Crippen molar-refractivity contribution in [1.82, 2.24) is 0 Å². The normalized spacial score (nSPS) is 40.8. The lowest BCUT2D eigenvalue weighted by atomic mass is 9.43. The Morgan fingerprint density at radius 2 is 1.37 bits per heavy atom. The quantitative estimate of drug-likeness (QED) is 0.173. The average molecular weight is 670 g/mol. The van der Waals surface area contributed by atoms with Gasteiger partial charge in [0.15, 0.2) is 0 Å². The molecule has 0 radical (unpaired) electrons. The van der Waals surface area contributed by atoms with Gasteiger partial charge in [0, 0.05) is 0 Å². The van der Waals surface area contributed by atoms with Gasteiger partial charge >= 0.3 is 0 Å². The minimum Gasteiger partial charge on any atom is -0.726 e. The van der Waals surface area contributed by atoms with E-state index in [1.807, 2.05) is 0 Å². The fraction of sp³-hybridized carbons (Fsp3) is 0.929. The lowest BCUT2D eigenvalue weighted by Crippen LogP contribution is -2.60. The highest BCUT2D eigenvalue weighted by Crippen LogP contribution is 2.72. The van der Waals surface area contributed by atoms with Gasteiger partial charge in [-0.05, 0) is 84.4 Å². The van der Waals surface area contributed by atoms with Crippen molar-refractivity contribution in [2.75, 3.05) is 0 Å². The summed E-state index contributed by atoms with van der Waals surface area (Å²) in [5, 5.41) is 0. The van der Waals surface area contributed by atoms with E-state index in [4.69, 9.17) is 8.37 Å². The maximum absolute atomic E-state index is 11.9. The van der Waals surface area contributed by atoms with Crippen LogP contribution in [0.3, 0.4) is 0 Å². The van der Waals surface area contributed by atoms with Gasteiger partial charge in [0.1, 0.15) is 12.2 Å². The summed E-state index contributed by atoms with van der Waals surface area (Å²) in [6.07, 6.45) is 3.08. The zero-order valence-electron chi connectivity index (χ0n) is 25.7. The largest absolute Gasteiger partial charge is 0.726 e. The topological polar surface area (TPSA) is 199 Å². The second kappa shape index (κ2) is 11.9. The van der Waals surface area contributed by atoms with Crippen molar-refractivity contribution in [3.63, 3.8) is 0 Å². The van der Waals surface area contributed by atoms with Gasteiger partial charge in [-0.3, -0.25) is 12.5 Å². The lowest BCUT2D eigenvalue weighted by Gasteiger charge is -2.63. The molecule has 0 aromatic heterocycles. The molecule has 0 heterocycles. The first-order valence-corrected chi connectivity index (χ1v) is 19.1. The molecule has 0 aromatic rings. The Balaban J connectivity index is 1.76. The SMILES string of the molecule is CC(C)CCC[C@@H](C)[C@H]1CC[C@@]2(C)[C@@H]3C[C@H](OS(=O)(=O)[O-])[C@H]4C[C@H](OS(=O)(=O)[O-])[C@@H](OS(=O)(=O)[O-])C[C@]4(C)C3=CC[C@]12C. The molecular formula is C28H45O12S3-3. The number of hydrogen-bond donors (Lipinski definition) is 0. The molecule has 10 atom stereocenters. The number of rotatable bonds is 11. The summed E-state index contributed by atoms with van der Waals surface area (Å²) in [5.41, 5.74) is -0.587. The first-order valence-electron chi connectivity index (χ1n) is 15.1. The van der Waals surface area contributed by atoms with Crippen molar-refractivity contribution < 1.29 is 51.5 Å². The third-order valence-corrected chi connectivity index (χ3v) is 13.2. The Morgan fingerprint density at radius 1 is 0.814 bits per heavy atom. The van der Waals surface area contributed by atoms with Crippen molar-refractivity contribution >= 4 is 31.2 Å². The maximum Gasteiger partial charge on any atom is 0.217 e. The molecule has 0 aromatic carbocycles. The van der Waals surface area contributed by atoms with Crippen LogP contribution in [0.25, 0.3) is 0 Å². The maximum atomic E-state index is 11.9. The summed E-state index contributed by atoms with van der Waals surface area (Å²) in [7, 11) is -15.9. The Bertz CT molecular complexity index is 1410. The summed E-state index contributed by atoms with van der Waals surface area (Å²) >= 11 is 0. The predicted molar refractivity (Wildman–Crippen MR) is 152 cm³/mol. The highest BCUT2D eigenvalue weighted by atomic mass is 32.3. The predicted octanol–water partition coefficient (Wildman–Crippen LogP) is 4.17. The minimum absolute atomic E-state index is 0.145. The second-order valence-electron chi connectivity index (χ2n) is 14.5. The molecule has 4 rings (SSSR count). The molecule has 4 aliphatic rings. The third kappa shape index (κ3) is 7.19. The van der Waals surface area contributed by atoms with Crippen LogP contribution in [0.1, 0.15) is 99.3 Å². The Kier molecular flexibility index (Phi) is 9.71. The van der Waals surface area contributed by atoms with Gasteiger partial charge in [-0.15, -0.1) is 0 Å². The van der Waals surface area contributed by atoms with Crippen LogP contribution in [0.2, 0.25) is 0 Å². The average Bonchev–Trinajstić information content (AvgIpc) is 3.08. The van der Waals surface area contributed by atoms with Crippen LogP contribution in [0.5, 0.6) is 0 Å². The standard InChI is InChI=1S/C28H48O12S3/c1-17(2)8-7-9-18(3)19-10-12-28(6)21-14-23(38-41(29,30)31)22-15-24(39-42(32,33)34)25(40-43(35,36)37)16-26(22,4)20(21)11-13-27(19,28)5/h11,17-19,21-25H,7-10,12-16H2,1-6H3,(H,29,30,31)(H,32,33,34)(H,35,36,37)/p-3/t18-,19-,21-,22-,23+,24+,25+,26-,27-,28+/m1/s1. The molecule has 3 saturated carbocycles. The number of allylic oxidation sites excluding steroid dienone is 2. The van der Waals surface area contributed by atoms with E-state index in [0.29, 0.717) is 17.8 Å². The molecular weight excluding hydrogens is 624 g/mol. The van der Waals surface area contributed by atoms with E-state index in [1.54, 1.807) is 6.92 Å². The van der Waals surface area contributed by atoms with E-state index in [-0.39, 0.29) is 36.0 Å². The van der Waals surface area contributed by atoms with Crippen molar-refractivity contribution in [2.45, 2.75) is 118 Å². The van der Waals surface area contributed by atoms with Crippen molar-refractivity contribution in [2.24, 2.45) is 45.8 Å². The number of fused-ring (bicyclic) bond motifs is 5. The second-order valence-corrected chi connectivity index (χ2v) is 17.6. The van der Waals surface area contributed by atoms with Crippen LogP contribution < -0.4 is 0 Å². The molecule has 0 N–H and O–H groups in total. The molecule has 0 bridgehead atoms. The summed E-state index contributed by atoms with van der Waals surface area (Å²) in [6, 6.07) is 0. The van der Waals surface area contributed by atoms with Gasteiger partial charge in [0.25, 0.3) is 0 Å². The zero-order valence-corrected chi connectivity index (χ0v) is 28.1. The van der Waals surface area contributed by atoms with E-state index in [0.717, 1.165) is 44.1 Å². The van der Waals surface area contributed by atoms with Gasteiger partial charge in [0.05, 0.1) is 6.10 Å². The molecule has 0 spiro atoms. The Hall–Kier alpha value is -0.650. The molecule has 3 fully saturated rings. The van der Waals surface area contributed by atoms with Gasteiger partial charge < -0.3 is 13.7 Å². The molecule has 0 unspecified atom stereocenters. The Morgan fingerprint density at radius 3 is 1.93 bits per heavy atom. The van der Waals surface area contributed by atoms with Crippen LogP contribution in [0.4, 0.5) is 0 Å². The fourth-order valence-electron chi connectivity index (χ4n) is 9.64. The molecule has 0 amide bonds. The molecule has 0 saturated heterocycles. The molecule has 15 heteroatoms. The van der Waals surface area contributed by atoms with E-state index < -0.39 is 60.8 Å². The van der Waals surface area contributed by atoms with E-state index >= 15 is 0 Å². The first-order chi connectivity index (χ1) is 19.5. The Labute approximate surface area is 257 Å². The summed E-state index contributed by atoms with van der Waals surface area (Å²) in [6.45, 7) is 13.0. The fourth-order valence-corrected chi connectivity index (χ4v) is 11.2. The molecule has 0 aliphatic heterocycles. The van der Waals surface area contributed by atoms with Crippen molar-refractivity contribution in [3.8, 4) is 0 Å². The van der Waals surface area contributed by atoms with E-state index in [9.17, 15) is 38.9 Å². The van der Waals surface area contributed by atoms with Gasteiger partial charge in [-0.1, -0.05) is 72.5 Å². The van der Waals surface area contributed by atoms with Crippen LogP contribution in [-0.4, -0.2) is 57.2 Å². The third-order valence-electron chi connectivity index (χ3n) is 11.8. The lowest BCUT2D eigenvalue weighted by molar-refractivity contribution is -0.122. The summed E-state index contributed by atoms with van der Waals surface area (Å²) < 4.78 is 120. The van der Waals surface area contributed by atoms with Crippen LogP contribution >= 0.6 is 0 Å². The highest BCUT2D eigenvalue weighted by Gasteiger charge is 2.66. The molecule has 12 nitrogen and oxygen atoms in total.